The second-order valence-electron chi connectivity index (χ2n) is 9.29. The summed E-state index contributed by atoms with van der Waals surface area (Å²) in [5, 5.41) is 8.01. The molecule has 0 saturated heterocycles. The van der Waals surface area contributed by atoms with E-state index in [2.05, 4.69) is 15.4 Å². The normalized spacial score (nSPS) is 15.8. The van der Waals surface area contributed by atoms with Gasteiger partial charge in [-0.3, -0.25) is 14.4 Å². The van der Waals surface area contributed by atoms with Crippen molar-refractivity contribution in [3.05, 3.63) is 59.3 Å². The van der Waals surface area contributed by atoms with Gasteiger partial charge in [-0.2, -0.15) is 5.10 Å². The Morgan fingerprint density at radius 1 is 1.14 bits per heavy atom. The first-order chi connectivity index (χ1) is 16.6. The summed E-state index contributed by atoms with van der Waals surface area (Å²) in [6.45, 7) is 9.39. The molecule has 2 amide bonds. The van der Waals surface area contributed by atoms with Crippen LogP contribution >= 0.6 is 0 Å². The number of fused-ring (bicyclic) bond motifs is 1. The fourth-order valence-corrected chi connectivity index (χ4v) is 4.26. The predicted molar refractivity (Wildman–Crippen MR) is 135 cm³/mol. The van der Waals surface area contributed by atoms with Crippen LogP contribution in [0.1, 0.15) is 56.6 Å². The zero-order chi connectivity index (χ0) is 25.3. The first-order valence-corrected chi connectivity index (χ1v) is 11.7. The minimum atomic E-state index is -0.480. The number of hydrogen-bond donors (Lipinski definition) is 1. The molecule has 4 rings (SSSR count). The zero-order valence-corrected chi connectivity index (χ0v) is 20.6. The molecule has 3 aromatic rings. The number of aliphatic imine (C=N–C) groups is 1. The molecule has 0 saturated carbocycles. The van der Waals surface area contributed by atoms with Gasteiger partial charge in [-0.25, -0.2) is 14.7 Å². The fraction of sp³-hybridized carbons (Fsp3) is 0.333. The molecular weight excluding hydrogens is 442 g/mol. The molecule has 1 atom stereocenters. The van der Waals surface area contributed by atoms with Crippen LogP contribution in [0.15, 0.2) is 53.2 Å². The van der Waals surface area contributed by atoms with Crippen LogP contribution in [0.25, 0.3) is 22.3 Å². The van der Waals surface area contributed by atoms with E-state index in [0.717, 1.165) is 16.7 Å². The van der Waals surface area contributed by atoms with Gasteiger partial charge < -0.3 is 5.32 Å². The third-order valence-electron chi connectivity index (χ3n) is 6.04. The highest BCUT2D eigenvalue weighted by Gasteiger charge is 2.25. The molecule has 180 valence electrons. The molecule has 1 unspecified atom stereocenters. The highest BCUT2D eigenvalue weighted by atomic mass is 16.2. The molecule has 0 bridgehead atoms. The summed E-state index contributed by atoms with van der Waals surface area (Å²) in [6.07, 6.45) is 3.89. The number of nitrogens with zero attached hydrogens (tertiary/aromatic N) is 4. The quantitative estimate of drug-likeness (QED) is 0.558. The minimum Gasteiger partial charge on any atom is -0.351 e. The number of hydrogen-bond acceptors (Lipinski definition) is 5. The van der Waals surface area contributed by atoms with Gasteiger partial charge in [-0.05, 0) is 52.3 Å². The summed E-state index contributed by atoms with van der Waals surface area (Å²) in [6, 6.07) is 9.40. The van der Waals surface area contributed by atoms with Crippen LogP contribution in [-0.4, -0.2) is 44.6 Å². The number of pyridine rings is 1. The van der Waals surface area contributed by atoms with Crippen LogP contribution in [0.3, 0.4) is 0 Å². The highest BCUT2D eigenvalue weighted by molar-refractivity contribution is 6.08. The maximum atomic E-state index is 13.3. The maximum absolute atomic E-state index is 13.3. The lowest BCUT2D eigenvalue weighted by molar-refractivity contribution is -0.120. The predicted octanol–water partition coefficient (Wildman–Crippen LogP) is 4.10. The molecule has 1 aromatic carbocycles. The fourth-order valence-electron chi connectivity index (χ4n) is 4.26. The Hall–Kier alpha value is -3.94. The van der Waals surface area contributed by atoms with Gasteiger partial charge in [-0.15, -0.1) is 0 Å². The standard InChI is InChI=1S/C27H29N5O3/c1-15(2)32-25-23(14-29-32)21(26(34)28-13-22-16(3)10-17(4)30-27(22)35)12-24(31-25)20-8-6-19(7-9-20)11-18(5)33/h6-10,12,14-15,22H,11,13H2,1-5H3,(H,28,34). The lowest BCUT2D eigenvalue weighted by Gasteiger charge is -2.19. The number of rotatable bonds is 7. The van der Waals surface area contributed by atoms with Crippen molar-refractivity contribution in [1.82, 2.24) is 20.1 Å². The molecule has 8 heteroatoms. The summed E-state index contributed by atoms with van der Waals surface area (Å²) in [4.78, 5) is 46.0. The number of carbonyl (C=O) groups is 3. The van der Waals surface area contributed by atoms with E-state index in [0.29, 0.717) is 34.4 Å². The van der Waals surface area contributed by atoms with Crippen molar-refractivity contribution in [2.45, 2.75) is 47.1 Å². The maximum Gasteiger partial charge on any atom is 0.254 e. The largest absolute Gasteiger partial charge is 0.351 e. The molecular formula is C27H29N5O3. The first-order valence-electron chi connectivity index (χ1n) is 11.7. The van der Waals surface area contributed by atoms with E-state index in [9.17, 15) is 14.4 Å². The van der Waals surface area contributed by atoms with E-state index < -0.39 is 5.92 Å². The summed E-state index contributed by atoms with van der Waals surface area (Å²) < 4.78 is 1.79. The van der Waals surface area contributed by atoms with Crippen molar-refractivity contribution >= 4 is 34.3 Å². The number of allylic oxidation sites excluding steroid dienone is 1. The number of aromatic nitrogens is 3. The lowest BCUT2D eigenvalue weighted by Crippen LogP contribution is -2.34. The van der Waals surface area contributed by atoms with Crippen molar-refractivity contribution in [3.63, 3.8) is 0 Å². The average molecular weight is 472 g/mol. The lowest BCUT2D eigenvalue weighted by atomic mass is 9.95. The number of ketones is 1. The van der Waals surface area contributed by atoms with E-state index in [1.165, 1.54) is 0 Å². The van der Waals surface area contributed by atoms with E-state index in [4.69, 9.17) is 4.98 Å². The number of carbonyl (C=O) groups excluding carboxylic acids is 3. The van der Waals surface area contributed by atoms with Crippen LogP contribution in [0.4, 0.5) is 0 Å². The van der Waals surface area contributed by atoms with Crippen LogP contribution in [0.2, 0.25) is 0 Å². The van der Waals surface area contributed by atoms with E-state index in [1.807, 2.05) is 51.1 Å². The molecule has 8 nitrogen and oxygen atoms in total. The van der Waals surface area contributed by atoms with Gasteiger partial charge >= 0.3 is 0 Å². The summed E-state index contributed by atoms with van der Waals surface area (Å²) in [7, 11) is 0. The van der Waals surface area contributed by atoms with Crippen molar-refractivity contribution < 1.29 is 14.4 Å². The molecule has 0 aliphatic carbocycles. The summed E-state index contributed by atoms with van der Waals surface area (Å²) in [5.74, 6) is -0.935. The highest BCUT2D eigenvalue weighted by Crippen LogP contribution is 2.27. The molecule has 0 radical (unpaired) electrons. The zero-order valence-electron chi connectivity index (χ0n) is 20.6. The van der Waals surface area contributed by atoms with E-state index in [-0.39, 0.29) is 30.2 Å². The second-order valence-corrected chi connectivity index (χ2v) is 9.29. The van der Waals surface area contributed by atoms with Crippen molar-refractivity contribution in [3.8, 4) is 11.3 Å². The van der Waals surface area contributed by atoms with Crippen LogP contribution in [0, 0.1) is 5.92 Å². The minimum absolute atomic E-state index is 0.0536. The van der Waals surface area contributed by atoms with Gasteiger partial charge in [0, 0.05) is 30.3 Å². The smallest absolute Gasteiger partial charge is 0.254 e. The summed E-state index contributed by atoms with van der Waals surface area (Å²) >= 11 is 0. The van der Waals surface area contributed by atoms with Gasteiger partial charge in [0.25, 0.3) is 11.8 Å². The Morgan fingerprint density at radius 2 is 1.86 bits per heavy atom. The van der Waals surface area contributed by atoms with Crippen molar-refractivity contribution in [2.75, 3.05) is 6.54 Å². The number of benzene rings is 1. The molecule has 3 heterocycles. The second kappa shape index (κ2) is 9.74. The number of nitrogens with one attached hydrogen (secondary N) is 1. The Bertz CT molecular complexity index is 1380. The Labute approximate surface area is 204 Å². The van der Waals surface area contributed by atoms with Gasteiger partial charge in [-0.1, -0.05) is 29.8 Å². The molecule has 35 heavy (non-hydrogen) atoms. The molecule has 1 aliphatic rings. The van der Waals surface area contributed by atoms with Crippen molar-refractivity contribution in [2.24, 2.45) is 10.9 Å². The van der Waals surface area contributed by atoms with Gasteiger partial charge in [0.15, 0.2) is 5.65 Å². The first kappa shape index (κ1) is 24.2. The average Bonchev–Trinajstić information content (AvgIpc) is 3.22. The topological polar surface area (TPSA) is 106 Å². The number of dihydropyridines is 1. The SMILES string of the molecule is CC(=O)Cc1ccc(-c2cc(C(=O)NCC3C(=O)N=C(C)C=C3C)c3cnn(C(C)C)c3n2)cc1. The Kier molecular flexibility index (Phi) is 6.73. The number of amides is 2. The van der Waals surface area contributed by atoms with Crippen LogP contribution in [0.5, 0.6) is 0 Å². The summed E-state index contributed by atoms with van der Waals surface area (Å²) in [5.41, 5.74) is 4.98. The van der Waals surface area contributed by atoms with Crippen LogP contribution in [-0.2, 0) is 16.0 Å². The van der Waals surface area contributed by atoms with Gasteiger partial charge in [0.1, 0.15) is 5.78 Å². The molecule has 0 fully saturated rings. The third-order valence-corrected chi connectivity index (χ3v) is 6.04. The Morgan fingerprint density at radius 3 is 2.49 bits per heavy atom. The molecule has 0 spiro atoms. The van der Waals surface area contributed by atoms with Crippen molar-refractivity contribution in [1.29, 1.82) is 0 Å². The van der Waals surface area contributed by atoms with E-state index >= 15 is 0 Å². The van der Waals surface area contributed by atoms with Crippen LogP contribution < -0.4 is 5.32 Å². The number of Topliss-reactive ketones (excluding diaryl/α,β-unsaturated/α-hetero) is 1. The van der Waals surface area contributed by atoms with Gasteiger partial charge in [0.2, 0.25) is 0 Å². The van der Waals surface area contributed by atoms with E-state index in [1.54, 1.807) is 30.8 Å². The molecule has 1 N–H and O–H groups in total. The third kappa shape index (κ3) is 5.11. The monoisotopic (exact) mass is 471 g/mol. The molecule has 2 aromatic heterocycles. The molecule has 1 aliphatic heterocycles. The van der Waals surface area contributed by atoms with Gasteiger partial charge in [0.05, 0.1) is 28.8 Å². The Balaban J connectivity index is 1.69.